The molecule has 0 spiro atoms. The fraction of sp³-hybridized carbons (Fsp3) is 0.375. The summed E-state index contributed by atoms with van der Waals surface area (Å²) in [6.07, 6.45) is 0.424. The van der Waals surface area contributed by atoms with Crippen LogP contribution in [-0.2, 0) is 9.84 Å². The van der Waals surface area contributed by atoms with Gasteiger partial charge >= 0.3 is 0 Å². The second-order valence-electron chi connectivity index (χ2n) is 6.22. The van der Waals surface area contributed by atoms with Crippen molar-refractivity contribution >= 4 is 15.7 Å². The summed E-state index contributed by atoms with van der Waals surface area (Å²) in [5.74, 6) is -0.208. The molecule has 7 nitrogen and oxygen atoms in total. The van der Waals surface area contributed by atoms with Gasteiger partial charge in [-0.1, -0.05) is 6.07 Å². The molecule has 1 aromatic heterocycles. The predicted molar refractivity (Wildman–Crippen MR) is 89.7 cm³/mol. The van der Waals surface area contributed by atoms with E-state index in [4.69, 9.17) is 0 Å². The molecule has 24 heavy (non-hydrogen) atoms. The number of carbonyl (C=O) groups is 1. The van der Waals surface area contributed by atoms with E-state index in [1.807, 2.05) is 13.0 Å². The first kappa shape index (κ1) is 16.5. The van der Waals surface area contributed by atoms with E-state index in [0.717, 1.165) is 11.1 Å². The Balaban J connectivity index is 1.80. The molecule has 1 amide bonds. The van der Waals surface area contributed by atoms with E-state index in [2.05, 4.69) is 15.5 Å². The van der Waals surface area contributed by atoms with Crippen molar-refractivity contribution in [2.75, 3.05) is 11.5 Å². The maximum Gasteiger partial charge on any atom is 0.269 e. The molecule has 3 rings (SSSR count). The topological polar surface area (TPSA) is 112 Å². The monoisotopic (exact) mass is 349 g/mol. The fourth-order valence-electron chi connectivity index (χ4n) is 2.90. The van der Waals surface area contributed by atoms with Crippen LogP contribution in [0.1, 0.15) is 28.0 Å². The molecule has 8 heteroatoms. The van der Waals surface area contributed by atoms with E-state index in [0.29, 0.717) is 17.7 Å². The molecule has 3 N–H and O–H groups in total. The van der Waals surface area contributed by atoms with Crippen LogP contribution in [0, 0.1) is 13.8 Å². The minimum absolute atomic E-state index is 0.0302. The number of sulfone groups is 1. The van der Waals surface area contributed by atoms with Crippen LogP contribution in [0.2, 0.25) is 0 Å². The summed E-state index contributed by atoms with van der Waals surface area (Å²) in [7, 11) is -3.05. The number of nitrogens with one attached hydrogen (secondary N) is 2. The highest BCUT2D eigenvalue weighted by Gasteiger charge is 2.29. The second-order valence-corrected chi connectivity index (χ2v) is 8.45. The number of carbonyl (C=O) groups excluding carboxylic acids is 1. The van der Waals surface area contributed by atoms with E-state index >= 15 is 0 Å². The molecule has 2 heterocycles. The molecule has 1 atom stereocenters. The van der Waals surface area contributed by atoms with Crippen LogP contribution >= 0.6 is 0 Å². The zero-order valence-electron chi connectivity index (χ0n) is 13.5. The van der Waals surface area contributed by atoms with Gasteiger partial charge in [0.1, 0.15) is 11.4 Å². The Labute approximate surface area is 140 Å². The molecule has 1 aliphatic rings. The number of hydrogen-bond donors (Lipinski definition) is 3. The zero-order valence-corrected chi connectivity index (χ0v) is 14.3. The third-order valence-corrected chi connectivity index (χ3v) is 5.88. The predicted octanol–water partition coefficient (Wildman–Crippen LogP) is 1.32. The quantitative estimate of drug-likeness (QED) is 0.773. The summed E-state index contributed by atoms with van der Waals surface area (Å²) >= 11 is 0. The van der Waals surface area contributed by atoms with Crippen molar-refractivity contribution in [2.24, 2.45) is 0 Å². The third kappa shape index (κ3) is 3.28. The lowest BCUT2D eigenvalue weighted by Gasteiger charge is -2.09. The summed E-state index contributed by atoms with van der Waals surface area (Å²) in [4.78, 5) is 12.2. The summed E-state index contributed by atoms with van der Waals surface area (Å²) in [6.45, 7) is 3.71. The number of benzene rings is 1. The number of amides is 1. The minimum atomic E-state index is -3.05. The number of aromatic amines is 1. The largest absolute Gasteiger partial charge is 0.507 e. The van der Waals surface area contributed by atoms with Crippen LogP contribution in [-0.4, -0.2) is 47.2 Å². The van der Waals surface area contributed by atoms with Crippen molar-refractivity contribution in [1.29, 1.82) is 0 Å². The van der Waals surface area contributed by atoms with Gasteiger partial charge in [0.25, 0.3) is 5.91 Å². The lowest BCUT2D eigenvalue weighted by molar-refractivity contribution is 0.0936. The highest BCUT2D eigenvalue weighted by Crippen LogP contribution is 2.32. The minimum Gasteiger partial charge on any atom is -0.507 e. The average molecular weight is 349 g/mol. The molecule has 0 aliphatic carbocycles. The lowest BCUT2D eigenvalue weighted by atomic mass is 10.0. The summed E-state index contributed by atoms with van der Waals surface area (Å²) in [5.41, 5.74) is 2.95. The van der Waals surface area contributed by atoms with Crippen LogP contribution in [0.5, 0.6) is 5.75 Å². The molecular weight excluding hydrogens is 330 g/mol. The number of hydrogen-bond acceptors (Lipinski definition) is 5. The Bertz CT molecular complexity index is 902. The number of nitrogens with zero attached hydrogens (tertiary/aromatic N) is 1. The number of phenolic OH excluding ortho intramolecular Hbond substituents is 1. The standard InChI is InChI=1S/C16H19N3O4S/c1-9-5-10(2)15(20)12(6-9)13-7-14(19-18-13)16(21)17-11-3-4-24(22,23)8-11/h5-7,11,20H,3-4,8H2,1-2H3,(H,17,21)(H,18,19). The van der Waals surface area contributed by atoms with Crippen LogP contribution in [0.15, 0.2) is 18.2 Å². The Kier molecular flexibility index (Phi) is 4.08. The van der Waals surface area contributed by atoms with Gasteiger partial charge < -0.3 is 10.4 Å². The molecule has 1 fully saturated rings. The average Bonchev–Trinajstić information content (AvgIpc) is 3.09. The summed E-state index contributed by atoms with van der Waals surface area (Å²) in [6, 6.07) is 4.83. The molecule has 0 radical (unpaired) electrons. The van der Waals surface area contributed by atoms with Crippen molar-refractivity contribution in [1.82, 2.24) is 15.5 Å². The third-order valence-electron chi connectivity index (χ3n) is 4.11. The highest BCUT2D eigenvalue weighted by atomic mass is 32.2. The Morgan fingerprint density at radius 1 is 1.33 bits per heavy atom. The van der Waals surface area contributed by atoms with E-state index < -0.39 is 15.7 Å². The maximum atomic E-state index is 12.2. The normalized spacial score (nSPS) is 19.3. The first-order valence-corrected chi connectivity index (χ1v) is 9.44. The van der Waals surface area contributed by atoms with Crippen molar-refractivity contribution in [3.05, 3.63) is 35.0 Å². The van der Waals surface area contributed by atoms with Crippen molar-refractivity contribution in [2.45, 2.75) is 26.3 Å². The molecule has 1 saturated heterocycles. The molecule has 128 valence electrons. The van der Waals surface area contributed by atoms with E-state index in [9.17, 15) is 18.3 Å². The van der Waals surface area contributed by atoms with Gasteiger partial charge in [0, 0.05) is 11.6 Å². The lowest BCUT2D eigenvalue weighted by Crippen LogP contribution is -2.35. The maximum absolute atomic E-state index is 12.2. The Morgan fingerprint density at radius 2 is 2.08 bits per heavy atom. The fourth-order valence-corrected chi connectivity index (χ4v) is 4.58. The van der Waals surface area contributed by atoms with Crippen molar-refractivity contribution in [3.63, 3.8) is 0 Å². The SMILES string of the molecule is Cc1cc(C)c(O)c(-c2cc(C(=O)NC3CCS(=O)(=O)C3)[nH]n2)c1. The number of phenols is 1. The zero-order chi connectivity index (χ0) is 17.5. The molecule has 1 unspecified atom stereocenters. The Morgan fingerprint density at radius 3 is 2.75 bits per heavy atom. The van der Waals surface area contributed by atoms with Crippen LogP contribution < -0.4 is 5.32 Å². The van der Waals surface area contributed by atoms with Gasteiger partial charge in [0.2, 0.25) is 0 Å². The van der Waals surface area contributed by atoms with E-state index in [-0.39, 0.29) is 29.0 Å². The number of aromatic nitrogens is 2. The van der Waals surface area contributed by atoms with E-state index in [1.165, 1.54) is 0 Å². The first-order chi connectivity index (χ1) is 11.2. The number of aromatic hydroxyl groups is 1. The van der Waals surface area contributed by atoms with Crippen LogP contribution in [0.25, 0.3) is 11.3 Å². The molecule has 0 bridgehead atoms. The number of aryl methyl sites for hydroxylation is 2. The van der Waals surface area contributed by atoms with Crippen LogP contribution in [0.4, 0.5) is 0 Å². The van der Waals surface area contributed by atoms with Gasteiger partial charge in [-0.15, -0.1) is 0 Å². The van der Waals surface area contributed by atoms with Crippen LogP contribution in [0.3, 0.4) is 0 Å². The van der Waals surface area contributed by atoms with E-state index in [1.54, 1.807) is 19.1 Å². The van der Waals surface area contributed by atoms with Gasteiger partial charge in [-0.05, 0) is 43.5 Å². The molecule has 1 aromatic carbocycles. The van der Waals surface area contributed by atoms with Gasteiger partial charge in [-0.3, -0.25) is 9.89 Å². The van der Waals surface area contributed by atoms with Gasteiger partial charge in [0.05, 0.1) is 17.2 Å². The first-order valence-electron chi connectivity index (χ1n) is 7.62. The van der Waals surface area contributed by atoms with Crippen molar-refractivity contribution in [3.8, 4) is 17.0 Å². The molecule has 0 saturated carbocycles. The number of rotatable bonds is 3. The van der Waals surface area contributed by atoms with Gasteiger partial charge in [0.15, 0.2) is 9.84 Å². The molecule has 2 aromatic rings. The Hall–Kier alpha value is -2.35. The van der Waals surface area contributed by atoms with Crippen molar-refractivity contribution < 1.29 is 18.3 Å². The summed E-state index contributed by atoms with van der Waals surface area (Å²) in [5, 5.41) is 19.6. The van der Waals surface area contributed by atoms with Gasteiger partial charge in [-0.2, -0.15) is 5.10 Å². The smallest absolute Gasteiger partial charge is 0.269 e. The number of H-pyrrole nitrogens is 1. The summed E-state index contributed by atoms with van der Waals surface area (Å²) < 4.78 is 22.9. The highest BCUT2D eigenvalue weighted by molar-refractivity contribution is 7.91. The molecular formula is C16H19N3O4S. The molecule has 1 aliphatic heterocycles. The second kappa shape index (κ2) is 5.94. The van der Waals surface area contributed by atoms with Gasteiger partial charge in [-0.25, -0.2) is 8.42 Å².